The largest absolute Gasteiger partial charge is 0.464 e. The van der Waals surface area contributed by atoms with Crippen LogP contribution in [0.15, 0.2) is 35.4 Å². The zero-order valence-corrected chi connectivity index (χ0v) is 31.2. The maximum atomic E-state index is 14.3. The molecule has 0 bridgehead atoms. The number of fused-ring (bicyclic) bond motifs is 6. The minimum atomic E-state index is -0.446. The number of hydrogen-bond donors (Lipinski definition) is 0. The van der Waals surface area contributed by atoms with Crippen molar-refractivity contribution in [3.05, 3.63) is 46.5 Å². The summed E-state index contributed by atoms with van der Waals surface area (Å²) < 4.78 is 12.4. The van der Waals surface area contributed by atoms with Crippen LogP contribution in [0.25, 0.3) is 0 Å². The van der Waals surface area contributed by atoms with Gasteiger partial charge >= 0.3 is 11.9 Å². The summed E-state index contributed by atoms with van der Waals surface area (Å²) in [5, 5.41) is 0. The van der Waals surface area contributed by atoms with E-state index < -0.39 is 5.41 Å². The molecule has 7 rings (SSSR count). The Morgan fingerprint density at radius 2 is 1.63 bits per heavy atom. The number of rotatable bonds is 7. The summed E-state index contributed by atoms with van der Waals surface area (Å²) in [7, 11) is 0. The van der Waals surface area contributed by atoms with Gasteiger partial charge < -0.3 is 9.47 Å². The maximum absolute atomic E-state index is 14.3. The number of allylic oxidation sites excluding steroid dienone is 1. The van der Waals surface area contributed by atoms with Crippen molar-refractivity contribution in [3.63, 3.8) is 0 Å². The highest BCUT2D eigenvalue weighted by atomic mass is 16.5. The molecule has 6 heteroatoms. The fourth-order valence-electron chi connectivity index (χ4n) is 12.7. The van der Waals surface area contributed by atoms with Gasteiger partial charge in [0.1, 0.15) is 12.7 Å². The maximum Gasteiger partial charge on any atom is 0.339 e. The molecule has 0 spiro atoms. The Morgan fingerprint density at radius 3 is 2.39 bits per heavy atom. The molecule has 1 aromatic carbocycles. The number of nitrogens with zero attached hydrogens (tertiary/aromatic N) is 1. The Balaban J connectivity index is 1.14. The Bertz CT molecular complexity index is 1510. The molecule has 5 aliphatic carbocycles. The lowest BCUT2D eigenvalue weighted by Gasteiger charge is -2.69. The molecule has 1 heterocycles. The van der Waals surface area contributed by atoms with Crippen LogP contribution in [0.4, 0.5) is 0 Å². The lowest BCUT2D eigenvalue weighted by atomic mass is 9.35. The summed E-state index contributed by atoms with van der Waals surface area (Å²) in [5.41, 5.74) is 3.98. The molecular formula is C43H61NO5. The normalized spacial score (nSPS) is 40.0. The first-order valence-corrected chi connectivity index (χ1v) is 19.7. The molecular weight excluding hydrogens is 610 g/mol. The number of hydrogen-bond acceptors (Lipinski definition) is 6. The van der Waals surface area contributed by atoms with Crippen molar-refractivity contribution in [2.45, 2.75) is 131 Å². The second-order valence-electron chi connectivity index (χ2n) is 18.6. The molecule has 4 saturated carbocycles. The minimum absolute atomic E-state index is 0.0622. The smallest absolute Gasteiger partial charge is 0.339 e. The van der Waals surface area contributed by atoms with E-state index >= 15 is 0 Å². The van der Waals surface area contributed by atoms with Gasteiger partial charge in [0, 0.05) is 12.1 Å². The predicted octanol–water partition coefficient (Wildman–Crippen LogP) is 9.22. The van der Waals surface area contributed by atoms with E-state index in [0.29, 0.717) is 29.6 Å². The molecule has 0 amide bonds. The zero-order valence-electron chi connectivity index (χ0n) is 31.2. The van der Waals surface area contributed by atoms with Crippen molar-refractivity contribution in [2.75, 3.05) is 26.2 Å². The molecule has 1 aliphatic heterocycles. The molecule has 268 valence electrons. The van der Waals surface area contributed by atoms with Gasteiger partial charge in [-0.25, -0.2) is 4.79 Å². The van der Waals surface area contributed by atoms with Crippen molar-refractivity contribution >= 4 is 18.2 Å². The van der Waals surface area contributed by atoms with Crippen molar-refractivity contribution in [2.24, 2.45) is 44.8 Å². The highest BCUT2D eigenvalue weighted by Gasteiger charge is 2.67. The minimum Gasteiger partial charge on any atom is -0.464 e. The van der Waals surface area contributed by atoms with Gasteiger partial charge in [0.15, 0.2) is 6.29 Å². The number of aldehydes is 1. The SMILES string of the molecule is CC1C(OC(=O)c2ccccc2C=O)CCC2(C)C1CCC1(C)C2CCC2=C3CC(C)(C)CCC3(C(=O)OCCN3CCCC3)CCC21C. The molecule has 5 fully saturated rings. The Morgan fingerprint density at radius 1 is 0.898 bits per heavy atom. The summed E-state index contributed by atoms with van der Waals surface area (Å²) >= 11 is 0. The molecule has 1 saturated heterocycles. The van der Waals surface area contributed by atoms with E-state index in [9.17, 15) is 14.4 Å². The number of ether oxygens (including phenoxy) is 2. The van der Waals surface area contributed by atoms with Gasteiger partial charge in [-0.1, -0.05) is 70.9 Å². The third-order valence-electron chi connectivity index (χ3n) is 15.9. The monoisotopic (exact) mass is 671 g/mol. The van der Waals surface area contributed by atoms with Crippen LogP contribution in [-0.2, 0) is 14.3 Å². The molecule has 8 atom stereocenters. The Kier molecular flexibility index (Phi) is 9.01. The lowest BCUT2D eigenvalue weighted by molar-refractivity contribution is -0.183. The first-order chi connectivity index (χ1) is 23.3. The first-order valence-electron chi connectivity index (χ1n) is 19.7. The van der Waals surface area contributed by atoms with Crippen LogP contribution in [0, 0.1) is 44.8 Å². The van der Waals surface area contributed by atoms with Crippen LogP contribution in [0.5, 0.6) is 0 Å². The fourth-order valence-corrected chi connectivity index (χ4v) is 12.7. The topological polar surface area (TPSA) is 72.9 Å². The molecule has 0 aromatic heterocycles. The van der Waals surface area contributed by atoms with Gasteiger partial charge in [-0.05, 0) is 142 Å². The molecule has 1 aromatic rings. The van der Waals surface area contributed by atoms with Crippen LogP contribution >= 0.6 is 0 Å². The van der Waals surface area contributed by atoms with Gasteiger partial charge in [-0.3, -0.25) is 14.5 Å². The first kappa shape index (κ1) is 35.0. The van der Waals surface area contributed by atoms with Gasteiger partial charge in [0.05, 0.1) is 11.0 Å². The van der Waals surface area contributed by atoms with Gasteiger partial charge in [-0.15, -0.1) is 0 Å². The standard InChI is InChI=1S/C43H61NO5/c1-29-32-15-18-42(6)36(40(32,4)17-16-35(29)49-37(46)31-12-8-7-11-30(31)28-45)14-13-33-34-27-39(2,3)19-21-43(34,22-20-41(33,42)5)38(47)48-26-25-44-23-9-10-24-44/h7-8,11-12,28-29,32,35-36H,9-10,13-27H2,1-6H3. The average Bonchev–Trinajstić information content (AvgIpc) is 3.59. The number of likely N-dealkylation sites (tertiary alicyclic amines) is 1. The Hall–Kier alpha value is -2.47. The molecule has 6 aliphatic rings. The number of carbonyl (C=O) groups is 3. The van der Waals surface area contributed by atoms with Crippen molar-refractivity contribution in [1.29, 1.82) is 0 Å². The van der Waals surface area contributed by atoms with E-state index in [4.69, 9.17) is 9.47 Å². The number of benzene rings is 1. The van der Waals surface area contributed by atoms with E-state index in [1.54, 1.807) is 29.8 Å². The van der Waals surface area contributed by atoms with Gasteiger partial charge in [0.25, 0.3) is 0 Å². The molecule has 0 N–H and O–H groups in total. The summed E-state index contributed by atoms with van der Waals surface area (Å²) in [4.78, 5) is 41.6. The van der Waals surface area contributed by atoms with E-state index in [2.05, 4.69) is 46.4 Å². The summed E-state index contributed by atoms with van der Waals surface area (Å²) in [5.74, 6) is 1.02. The highest BCUT2D eigenvalue weighted by Crippen LogP contribution is 2.74. The molecule has 6 nitrogen and oxygen atoms in total. The van der Waals surface area contributed by atoms with Gasteiger partial charge in [0.2, 0.25) is 0 Å². The third-order valence-corrected chi connectivity index (χ3v) is 15.9. The van der Waals surface area contributed by atoms with Crippen LogP contribution < -0.4 is 0 Å². The van der Waals surface area contributed by atoms with Crippen molar-refractivity contribution in [1.82, 2.24) is 4.90 Å². The van der Waals surface area contributed by atoms with Gasteiger partial charge in [-0.2, -0.15) is 0 Å². The van der Waals surface area contributed by atoms with E-state index in [0.717, 1.165) is 83.7 Å². The van der Waals surface area contributed by atoms with Crippen LogP contribution in [0.2, 0.25) is 0 Å². The molecule has 8 unspecified atom stereocenters. The second kappa shape index (κ2) is 12.6. The lowest BCUT2D eigenvalue weighted by Crippen LogP contribution is -2.62. The summed E-state index contributed by atoms with van der Waals surface area (Å²) in [6.07, 6.45) is 14.6. The van der Waals surface area contributed by atoms with E-state index in [-0.39, 0.29) is 45.6 Å². The quantitative estimate of drug-likeness (QED) is 0.164. The van der Waals surface area contributed by atoms with Crippen LogP contribution in [-0.4, -0.2) is 55.5 Å². The predicted molar refractivity (Wildman–Crippen MR) is 192 cm³/mol. The summed E-state index contributed by atoms with van der Waals surface area (Å²) in [6.45, 7) is 18.5. The molecule has 0 radical (unpaired) electrons. The Labute approximate surface area is 295 Å². The van der Waals surface area contributed by atoms with Crippen LogP contribution in [0.1, 0.15) is 146 Å². The van der Waals surface area contributed by atoms with E-state index in [1.165, 1.54) is 31.3 Å². The third kappa shape index (κ3) is 5.56. The van der Waals surface area contributed by atoms with Crippen LogP contribution in [0.3, 0.4) is 0 Å². The second-order valence-corrected chi connectivity index (χ2v) is 18.6. The van der Waals surface area contributed by atoms with Crippen molar-refractivity contribution < 1.29 is 23.9 Å². The number of carbonyl (C=O) groups excluding carboxylic acids is 3. The average molecular weight is 672 g/mol. The zero-order chi connectivity index (χ0) is 34.8. The molecule has 49 heavy (non-hydrogen) atoms. The fraction of sp³-hybridized carbons (Fsp3) is 0.744. The van der Waals surface area contributed by atoms with E-state index in [1.807, 2.05) is 0 Å². The summed E-state index contributed by atoms with van der Waals surface area (Å²) in [6, 6.07) is 6.96. The van der Waals surface area contributed by atoms with Crippen molar-refractivity contribution in [3.8, 4) is 0 Å². The highest BCUT2D eigenvalue weighted by molar-refractivity contribution is 5.98. The number of esters is 2.